The number of nitrogens with zero attached hydrogens (tertiary/aromatic N) is 2. The van der Waals surface area contributed by atoms with E-state index in [1.54, 1.807) is 0 Å². The zero-order valence-corrected chi connectivity index (χ0v) is 20.5. The van der Waals surface area contributed by atoms with E-state index in [2.05, 4.69) is 39.0 Å². The van der Waals surface area contributed by atoms with Gasteiger partial charge in [-0.05, 0) is 49.2 Å². The monoisotopic (exact) mass is 487 g/mol. The van der Waals surface area contributed by atoms with Crippen molar-refractivity contribution in [2.75, 3.05) is 25.0 Å². The first-order chi connectivity index (χ1) is 16.6. The fraction of sp³-hybridized carbons (Fsp3) is 0.385. The van der Waals surface area contributed by atoms with Gasteiger partial charge < -0.3 is 20.5 Å². The average molecular weight is 488 g/mol. The van der Waals surface area contributed by atoms with E-state index >= 15 is 0 Å². The molecule has 1 aromatic heterocycles. The van der Waals surface area contributed by atoms with Gasteiger partial charge in [0, 0.05) is 43.6 Å². The summed E-state index contributed by atoms with van der Waals surface area (Å²) in [5.41, 5.74) is 1.29. The Hall–Kier alpha value is -3.33. The molecule has 35 heavy (non-hydrogen) atoms. The molecule has 1 saturated heterocycles. The molecule has 1 aliphatic rings. The smallest absolute Gasteiger partial charge is 0.381 e. The lowest BCUT2D eigenvalue weighted by Crippen LogP contribution is -2.48. The van der Waals surface area contributed by atoms with Crippen molar-refractivity contribution in [3.8, 4) is 0 Å². The molecule has 0 amide bonds. The number of aromatic amines is 1. The zero-order chi connectivity index (χ0) is 25.8. The highest BCUT2D eigenvalue weighted by Gasteiger charge is 2.34. The maximum Gasteiger partial charge on any atom is 0.416 e. The van der Waals surface area contributed by atoms with Gasteiger partial charge in [0.05, 0.1) is 16.5 Å². The van der Waals surface area contributed by atoms with Crippen molar-refractivity contribution >= 4 is 22.3 Å². The number of fused-ring (bicyclic) bond motifs is 1. The summed E-state index contributed by atoms with van der Waals surface area (Å²) in [6.45, 7) is 14.5. The number of nitrogens with one attached hydrogen (secondary N) is 3. The van der Waals surface area contributed by atoms with Gasteiger partial charge in [-0.3, -0.25) is 4.79 Å². The summed E-state index contributed by atoms with van der Waals surface area (Å²) in [5.74, 6) is 0.267. The number of piperazine rings is 1. The number of H-pyrrole nitrogens is 1. The number of aryl methyl sites for hydroxylation is 1. The third-order valence-corrected chi connectivity index (χ3v) is 5.90. The fourth-order valence-corrected chi connectivity index (χ4v) is 4.14. The van der Waals surface area contributed by atoms with Gasteiger partial charge in [-0.15, -0.1) is 0 Å². The quantitative estimate of drug-likeness (QED) is 0.464. The molecule has 2 aromatic carbocycles. The van der Waals surface area contributed by atoms with Crippen molar-refractivity contribution < 1.29 is 13.2 Å². The lowest BCUT2D eigenvalue weighted by atomic mass is 10.0. The summed E-state index contributed by atoms with van der Waals surface area (Å²) in [7, 11) is 0. The van der Waals surface area contributed by atoms with Crippen LogP contribution in [-0.4, -0.2) is 40.5 Å². The molecule has 3 N–H and O–H groups in total. The topological polar surface area (TPSA) is 73.0 Å². The largest absolute Gasteiger partial charge is 0.416 e. The first-order valence-corrected chi connectivity index (χ1v) is 11.7. The molecule has 1 atom stereocenters. The van der Waals surface area contributed by atoms with Crippen molar-refractivity contribution in [2.24, 2.45) is 0 Å². The molecule has 4 rings (SSSR count). The molecule has 0 aliphatic carbocycles. The summed E-state index contributed by atoms with van der Waals surface area (Å²) in [4.78, 5) is 21.1. The number of hydrogen-bond acceptors (Lipinski definition) is 5. The predicted octanol–water partition coefficient (Wildman–Crippen LogP) is 5.15. The SMILES string of the molecule is C=C(c1ccc(NCc2cc3c(=O)[nH]c(C)nc3cc2C(F)(F)F)cc1)N1CCNCC1C.CC. The summed E-state index contributed by atoms with van der Waals surface area (Å²) < 4.78 is 41.1. The van der Waals surface area contributed by atoms with Crippen LogP contribution in [0.4, 0.5) is 18.9 Å². The number of rotatable bonds is 5. The number of benzene rings is 2. The van der Waals surface area contributed by atoms with Crippen LogP contribution in [0.2, 0.25) is 0 Å². The molecule has 6 nitrogen and oxygen atoms in total. The third-order valence-electron chi connectivity index (χ3n) is 5.90. The van der Waals surface area contributed by atoms with Crippen molar-refractivity contribution in [2.45, 2.75) is 46.5 Å². The second-order valence-electron chi connectivity index (χ2n) is 8.30. The molecule has 9 heteroatoms. The van der Waals surface area contributed by atoms with Crippen LogP contribution in [0.1, 0.15) is 43.3 Å². The second-order valence-corrected chi connectivity index (χ2v) is 8.30. The Balaban J connectivity index is 0.00000167. The van der Waals surface area contributed by atoms with Gasteiger partial charge in [-0.2, -0.15) is 13.2 Å². The summed E-state index contributed by atoms with van der Waals surface area (Å²) >= 11 is 0. The number of aromatic nitrogens is 2. The highest BCUT2D eigenvalue weighted by molar-refractivity contribution is 5.80. The Morgan fingerprint density at radius 2 is 1.91 bits per heavy atom. The maximum absolute atomic E-state index is 13.7. The Kier molecular flexibility index (Phi) is 8.22. The molecule has 1 aliphatic heterocycles. The number of alkyl halides is 3. The van der Waals surface area contributed by atoms with Crippen molar-refractivity contribution in [3.05, 3.63) is 75.8 Å². The van der Waals surface area contributed by atoms with Gasteiger partial charge in [0.2, 0.25) is 0 Å². The molecule has 0 bridgehead atoms. The lowest BCUT2D eigenvalue weighted by molar-refractivity contribution is -0.138. The van der Waals surface area contributed by atoms with Gasteiger partial charge in [0.15, 0.2) is 0 Å². The Morgan fingerprint density at radius 1 is 1.23 bits per heavy atom. The Bertz CT molecular complexity index is 1230. The van der Waals surface area contributed by atoms with E-state index in [9.17, 15) is 18.0 Å². The predicted molar refractivity (Wildman–Crippen MR) is 135 cm³/mol. The van der Waals surface area contributed by atoms with Crippen LogP contribution in [0.5, 0.6) is 0 Å². The summed E-state index contributed by atoms with van der Waals surface area (Å²) in [6, 6.07) is 9.98. The summed E-state index contributed by atoms with van der Waals surface area (Å²) in [6.07, 6.45) is -4.56. The molecule has 2 heterocycles. The molecule has 1 unspecified atom stereocenters. The van der Waals surface area contributed by atoms with Gasteiger partial charge in [-0.1, -0.05) is 32.6 Å². The van der Waals surface area contributed by atoms with Gasteiger partial charge >= 0.3 is 6.18 Å². The standard InChI is InChI=1S/C24H26F3N5O.C2H6/c1-14-12-28-8-9-32(14)15(2)17-4-6-19(7-5-17)29-13-18-10-20-22(11-21(18)24(25,26)27)30-16(3)31-23(20)33;1-2/h4-7,10-11,14,28-29H,2,8-9,12-13H2,1,3H3,(H,30,31,33);1-2H3. The number of halogens is 3. The van der Waals surface area contributed by atoms with Gasteiger partial charge in [0.1, 0.15) is 5.82 Å². The van der Waals surface area contributed by atoms with Crippen LogP contribution in [0.3, 0.4) is 0 Å². The number of anilines is 1. The van der Waals surface area contributed by atoms with Crippen LogP contribution in [0.15, 0.2) is 47.8 Å². The third kappa shape index (κ3) is 6.03. The van der Waals surface area contributed by atoms with E-state index in [0.29, 0.717) is 11.7 Å². The first-order valence-electron chi connectivity index (χ1n) is 11.7. The maximum atomic E-state index is 13.7. The van der Waals surface area contributed by atoms with E-state index in [-0.39, 0.29) is 28.8 Å². The molecule has 1 fully saturated rings. The molecule has 188 valence electrons. The van der Waals surface area contributed by atoms with Gasteiger partial charge in [0.25, 0.3) is 5.56 Å². The van der Waals surface area contributed by atoms with Gasteiger partial charge in [-0.25, -0.2) is 4.98 Å². The number of hydrogen-bond donors (Lipinski definition) is 3. The molecule has 0 spiro atoms. The van der Waals surface area contributed by atoms with E-state index < -0.39 is 17.3 Å². The minimum absolute atomic E-state index is 0.0192. The minimum Gasteiger partial charge on any atom is -0.381 e. The molecular weight excluding hydrogens is 455 g/mol. The van der Waals surface area contributed by atoms with Crippen molar-refractivity contribution in [3.63, 3.8) is 0 Å². The average Bonchev–Trinajstić information content (AvgIpc) is 2.83. The Labute approximate surface area is 203 Å². The Morgan fingerprint density at radius 3 is 2.54 bits per heavy atom. The summed E-state index contributed by atoms with van der Waals surface area (Å²) in [5, 5.41) is 6.51. The van der Waals surface area contributed by atoms with Crippen LogP contribution >= 0.6 is 0 Å². The van der Waals surface area contributed by atoms with Crippen LogP contribution in [0.25, 0.3) is 16.6 Å². The van der Waals surface area contributed by atoms with Crippen molar-refractivity contribution in [1.29, 1.82) is 0 Å². The fourth-order valence-electron chi connectivity index (χ4n) is 4.14. The van der Waals surface area contributed by atoms with E-state index in [4.69, 9.17) is 0 Å². The van der Waals surface area contributed by atoms with Crippen LogP contribution in [0, 0.1) is 6.92 Å². The van der Waals surface area contributed by atoms with Crippen LogP contribution in [-0.2, 0) is 12.7 Å². The van der Waals surface area contributed by atoms with Crippen molar-refractivity contribution in [1.82, 2.24) is 20.2 Å². The highest BCUT2D eigenvalue weighted by Crippen LogP contribution is 2.34. The van der Waals surface area contributed by atoms with E-state index in [0.717, 1.165) is 37.0 Å². The second kappa shape index (κ2) is 10.9. The molecule has 0 radical (unpaired) electrons. The highest BCUT2D eigenvalue weighted by atomic mass is 19.4. The minimum atomic E-state index is -4.56. The molecule has 3 aromatic rings. The van der Waals surface area contributed by atoms with Crippen LogP contribution < -0.4 is 16.2 Å². The molecular formula is C26H32F3N5O. The molecule has 0 saturated carbocycles. The zero-order valence-electron chi connectivity index (χ0n) is 20.5. The van der Waals surface area contributed by atoms with E-state index in [1.807, 2.05) is 38.1 Å². The van der Waals surface area contributed by atoms with E-state index in [1.165, 1.54) is 13.0 Å². The lowest BCUT2D eigenvalue weighted by Gasteiger charge is -2.37. The first kappa shape index (κ1) is 26.3. The normalized spacial score (nSPS) is 16.0.